The number of nitrogens with zero attached hydrogens (tertiary/aromatic N) is 2. The Morgan fingerprint density at radius 2 is 1.57 bits per heavy atom. The topological polar surface area (TPSA) is 87.6 Å². The highest BCUT2D eigenvalue weighted by molar-refractivity contribution is 8.08. The van der Waals surface area contributed by atoms with Crippen molar-refractivity contribution < 1.29 is 18.0 Å². The standard InChI is InChI=1S/C14H9ClN2O3S/c15-11-8-6-10(7-9-11)13(18)14(17-16)21(19,20)12-4-2-1-3-5-12/h1-9H. The quantitative estimate of drug-likeness (QED) is 0.286. The van der Waals surface area contributed by atoms with Gasteiger partial charge in [-0.15, -0.1) is 4.79 Å². The van der Waals surface area contributed by atoms with Gasteiger partial charge in [0.2, 0.25) is 0 Å². The van der Waals surface area contributed by atoms with E-state index in [4.69, 9.17) is 17.1 Å². The zero-order valence-corrected chi connectivity index (χ0v) is 12.2. The molecule has 0 atom stereocenters. The van der Waals surface area contributed by atoms with Crippen LogP contribution in [0.2, 0.25) is 5.02 Å². The van der Waals surface area contributed by atoms with Crippen LogP contribution in [0.15, 0.2) is 59.5 Å². The van der Waals surface area contributed by atoms with Gasteiger partial charge in [0.15, 0.2) is 0 Å². The van der Waals surface area contributed by atoms with E-state index < -0.39 is 20.7 Å². The third-order valence-electron chi connectivity index (χ3n) is 2.70. The van der Waals surface area contributed by atoms with Crippen LogP contribution in [-0.4, -0.2) is 24.0 Å². The molecule has 0 aliphatic rings. The lowest BCUT2D eigenvalue weighted by atomic mass is 10.1. The summed E-state index contributed by atoms with van der Waals surface area (Å²) in [6, 6.07) is 12.9. The van der Waals surface area contributed by atoms with Crippen molar-refractivity contribution in [2.24, 2.45) is 0 Å². The first kappa shape index (κ1) is 15.1. The molecule has 0 heterocycles. The molecule has 0 bridgehead atoms. The third-order valence-corrected chi connectivity index (χ3v) is 4.62. The Bertz CT molecular complexity index is 824. The van der Waals surface area contributed by atoms with Gasteiger partial charge in [0.1, 0.15) is 0 Å². The molecule has 0 N–H and O–H groups in total. The first-order chi connectivity index (χ1) is 9.96. The molecule has 21 heavy (non-hydrogen) atoms. The molecule has 0 saturated carbocycles. The van der Waals surface area contributed by atoms with Crippen LogP contribution >= 0.6 is 11.6 Å². The molecule has 0 saturated heterocycles. The number of carbonyl (C=O) groups is 1. The lowest BCUT2D eigenvalue weighted by molar-refractivity contribution is -0.00158. The van der Waals surface area contributed by atoms with Gasteiger partial charge in [-0.3, -0.25) is 4.79 Å². The van der Waals surface area contributed by atoms with Gasteiger partial charge < -0.3 is 5.53 Å². The molecule has 0 aromatic heterocycles. The lowest BCUT2D eigenvalue weighted by Gasteiger charge is -2.00. The Kier molecular flexibility index (Phi) is 4.33. The Hall–Kier alpha value is -2.27. The van der Waals surface area contributed by atoms with Crippen molar-refractivity contribution in [3.8, 4) is 0 Å². The van der Waals surface area contributed by atoms with E-state index >= 15 is 0 Å². The summed E-state index contributed by atoms with van der Waals surface area (Å²) < 4.78 is 24.6. The van der Waals surface area contributed by atoms with Crippen molar-refractivity contribution in [2.75, 3.05) is 0 Å². The fourth-order valence-electron chi connectivity index (χ4n) is 1.66. The molecule has 0 unspecified atom stereocenters. The molecule has 2 rings (SSSR count). The minimum Gasteiger partial charge on any atom is -0.360 e. The van der Waals surface area contributed by atoms with Gasteiger partial charge in [-0.25, -0.2) is 8.42 Å². The van der Waals surface area contributed by atoms with E-state index in [-0.39, 0.29) is 10.5 Å². The average Bonchev–Trinajstić information content (AvgIpc) is 2.49. The first-order valence-electron chi connectivity index (χ1n) is 5.79. The van der Waals surface area contributed by atoms with E-state index in [9.17, 15) is 13.2 Å². The summed E-state index contributed by atoms with van der Waals surface area (Å²) in [5.74, 6) is -0.905. The number of carbonyl (C=O) groups excluding carboxylic acids is 1. The summed E-state index contributed by atoms with van der Waals surface area (Å²) in [6.45, 7) is 0. The molecular formula is C14H9ClN2O3S. The highest BCUT2D eigenvalue weighted by Gasteiger charge is 2.37. The number of hydrogen-bond acceptors (Lipinski definition) is 3. The number of halogens is 1. The van der Waals surface area contributed by atoms with Gasteiger partial charge in [-0.1, -0.05) is 29.8 Å². The maximum absolute atomic E-state index is 12.3. The van der Waals surface area contributed by atoms with E-state index in [0.717, 1.165) is 0 Å². The molecule has 0 aliphatic heterocycles. The SMILES string of the molecule is [N-]=[N+]=C(C(=O)c1ccc(Cl)cc1)S(=O)(=O)c1ccccc1. The number of hydrogen-bond donors (Lipinski definition) is 0. The molecular weight excluding hydrogens is 312 g/mol. The van der Waals surface area contributed by atoms with Crippen molar-refractivity contribution in [3.63, 3.8) is 0 Å². The van der Waals surface area contributed by atoms with E-state index in [0.29, 0.717) is 5.02 Å². The van der Waals surface area contributed by atoms with Crippen molar-refractivity contribution in [1.82, 2.24) is 0 Å². The van der Waals surface area contributed by atoms with E-state index in [1.165, 1.54) is 48.5 Å². The number of sulfone groups is 1. The highest BCUT2D eigenvalue weighted by atomic mass is 35.5. The highest BCUT2D eigenvalue weighted by Crippen LogP contribution is 2.16. The van der Waals surface area contributed by atoms with E-state index in [1.807, 2.05) is 0 Å². The van der Waals surface area contributed by atoms with Crippen molar-refractivity contribution in [1.29, 1.82) is 0 Å². The van der Waals surface area contributed by atoms with Crippen LogP contribution in [0.5, 0.6) is 0 Å². The zero-order valence-electron chi connectivity index (χ0n) is 10.6. The number of benzene rings is 2. The predicted octanol–water partition coefficient (Wildman–Crippen LogP) is 2.62. The normalized spacial score (nSPS) is 10.7. The molecule has 7 heteroatoms. The van der Waals surface area contributed by atoms with Crippen LogP contribution in [-0.2, 0) is 9.84 Å². The summed E-state index contributed by atoms with van der Waals surface area (Å²) in [5, 5.41) is -0.532. The molecule has 0 amide bonds. The summed E-state index contributed by atoms with van der Waals surface area (Å²) in [6.07, 6.45) is 0. The first-order valence-corrected chi connectivity index (χ1v) is 7.65. The maximum atomic E-state index is 12.3. The minimum atomic E-state index is -4.19. The molecule has 5 nitrogen and oxygen atoms in total. The second kappa shape index (κ2) is 6.01. The summed E-state index contributed by atoms with van der Waals surface area (Å²) >= 11 is 5.71. The minimum absolute atomic E-state index is 0.0618. The summed E-state index contributed by atoms with van der Waals surface area (Å²) in [4.78, 5) is 14.8. The molecule has 2 aromatic carbocycles. The van der Waals surface area contributed by atoms with Crippen LogP contribution in [0.4, 0.5) is 0 Å². The van der Waals surface area contributed by atoms with Gasteiger partial charge in [-0.2, -0.15) is 0 Å². The van der Waals surface area contributed by atoms with E-state index in [1.54, 1.807) is 6.07 Å². The molecule has 2 aromatic rings. The van der Waals surface area contributed by atoms with Gasteiger partial charge in [0.05, 0.1) is 4.90 Å². The van der Waals surface area contributed by atoms with Crippen molar-refractivity contribution in [2.45, 2.75) is 4.90 Å². The Morgan fingerprint density at radius 1 is 1.00 bits per heavy atom. The second-order valence-electron chi connectivity index (χ2n) is 4.06. The second-order valence-corrected chi connectivity index (χ2v) is 6.36. The van der Waals surface area contributed by atoms with Gasteiger partial charge >= 0.3 is 5.04 Å². The zero-order chi connectivity index (χ0) is 15.5. The largest absolute Gasteiger partial charge is 0.456 e. The van der Waals surface area contributed by atoms with Crippen LogP contribution in [0.1, 0.15) is 10.4 Å². The molecule has 0 fully saturated rings. The monoisotopic (exact) mass is 320 g/mol. The predicted molar refractivity (Wildman–Crippen MR) is 78.0 cm³/mol. The van der Waals surface area contributed by atoms with Crippen LogP contribution < -0.4 is 0 Å². The summed E-state index contributed by atoms with van der Waals surface area (Å²) in [5.41, 5.74) is 9.03. The van der Waals surface area contributed by atoms with Gasteiger partial charge in [-0.05, 0) is 36.4 Å². The van der Waals surface area contributed by atoms with Crippen LogP contribution in [0.3, 0.4) is 0 Å². The number of rotatable bonds is 3. The Morgan fingerprint density at radius 3 is 2.10 bits per heavy atom. The third kappa shape index (κ3) is 3.08. The molecule has 0 radical (unpaired) electrons. The smallest absolute Gasteiger partial charge is 0.360 e. The van der Waals surface area contributed by atoms with Gasteiger partial charge in [0, 0.05) is 10.6 Å². The Balaban J connectivity index is 2.48. The average molecular weight is 321 g/mol. The van der Waals surface area contributed by atoms with Crippen LogP contribution in [0, 0.1) is 0 Å². The number of ketones is 1. The maximum Gasteiger partial charge on any atom is 0.456 e. The fourth-order valence-corrected chi connectivity index (χ4v) is 2.99. The molecule has 106 valence electrons. The Labute approximate surface area is 126 Å². The lowest BCUT2D eigenvalue weighted by Crippen LogP contribution is -2.26. The van der Waals surface area contributed by atoms with Gasteiger partial charge in [0.25, 0.3) is 15.6 Å². The molecule has 0 aliphatic carbocycles. The molecule has 0 spiro atoms. The van der Waals surface area contributed by atoms with Crippen molar-refractivity contribution in [3.05, 3.63) is 70.7 Å². The van der Waals surface area contributed by atoms with E-state index in [2.05, 4.69) is 4.79 Å². The fraction of sp³-hybridized carbons (Fsp3) is 0. The summed E-state index contributed by atoms with van der Waals surface area (Å²) in [7, 11) is -4.19. The van der Waals surface area contributed by atoms with Crippen LogP contribution in [0.25, 0.3) is 5.53 Å². The number of Topliss-reactive ketones (excluding diaryl/α,β-unsaturated/α-hetero) is 1. The van der Waals surface area contributed by atoms with Crippen molar-refractivity contribution >= 4 is 32.3 Å².